The SMILES string of the molecule is NC1NC(=O)C2NCN(COCC(=O)O)C2N1. The van der Waals surface area contributed by atoms with E-state index in [1.807, 2.05) is 0 Å². The fourth-order valence-corrected chi connectivity index (χ4v) is 1.92. The van der Waals surface area contributed by atoms with Crippen LogP contribution in [0, 0.1) is 0 Å². The molecule has 3 unspecified atom stereocenters. The molecule has 0 aromatic heterocycles. The molecule has 2 aliphatic rings. The first-order valence-electron chi connectivity index (χ1n) is 5.17. The highest BCUT2D eigenvalue weighted by Gasteiger charge is 2.42. The van der Waals surface area contributed by atoms with E-state index in [-0.39, 0.29) is 25.4 Å². The Morgan fingerprint density at radius 3 is 3.12 bits per heavy atom. The van der Waals surface area contributed by atoms with E-state index in [0.29, 0.717) is 6.67 Å². The van der Waals surface area contributed by atoms with Crippen LogP contribution in [0.4, 0.5) is 0 Å². The molecule has 6 N–H and O–H groups in total. The summed E-state index contributed by atoms with van der Waals surface area (Å²) in [5.74, 6) is -1.21. The molecule has 2 heterocycles. The van der Waals surface area contributed by atoms with E-state index in [1.165, 1.54) is 0 Å². The third-order valence-corrected chi connectivity index (χ3v) is 2.64. The molecule has 96 valence electrons. The van der Waals surface area contributed by atoms with E-state index >= 15 is 0 Å². The van der Waals surface area contributed by atoms with Crippen LogP contribution >= 0.6 is 0 Å². The number of carboxylic acid groups (broad SMARTS) is 1. The van der Waals surface area contributed by atoms with Crippen molar-refractivity contribution in [3.05, 3.63) is 0 Å². The maximum absolute atomic E-state index is 11.6. The summed E-state index contributed by atoms with van der Waals surface area (Å²) in [6.45, 7) is 0.182. The predicted octanol–water partition coefficient (Wildman–Crippen LogP) is -3.44. The van der Waals surface area contributed by atoms with Gasteiger partial charge in [0.25, 0.3) is 0 Å². The Morgan fingerprint density at radius 1 is 1.65 bits per heavy atom. The maximum Gasteiger partial charge on any atom is 0.329 e. The van der Waals surface area contributed by atoms with Crippen LogP contribution < -0.4 is 21.7 Å². The average Bonchev–Trinajstić information content (AvgIpc) is 2.61. The lowest BCUT2D eigenvalue weighted by atomic mass is 10.2. The van der Waals surface area contributed by atoms with Gasteiger partial charge in [-0.3, -0.25) is 26.1 Å². The van der Waals surface area contributed by atoms with Crippen LogP contribution in [0.5, 0.6) is 0 Å². The number of nitrogens with two attached hydrogens (primary N) is 1. The molecule has 0 aromatic rings. The molecule has 0 radical (unpaired) electrons. The Hall–Kier alpha value is -1.26. The summed E-state index contributed by atoms with van der Waals surface area (Å²) in [6.07, 6.45) is -0.891. The molecule has 0 aliphatic carbocycles. The van der Waals surface area contributed by atoms with Crippen molar-refractivity contribution >= 4 is 11.9 Å². The van der Waals surface area contributed by atoms with Gasteiger partial charge in [0, 0.05) is 0 Å². The van der Waals surface area contributed by atoms with Crippen molar-refractivity contribution < 1.29 is 19.4 Å². The molecule has 0 aromatic carbocycles. The molecule has 17 heavy (non-hydrogen) atoms. The van der Waals surface area contributed by atoms with Crippen LogP contribution in [0.15, 0.2) is 0 Å². The summed E-state index contributed by atoms with van der Waals surface area (Å²) >= 11 is 0. The molecule has 2 rings (SSSR count). The standard InChI is InChI=1S/C8H15N5O4/c9-8-11-6-5(7(16)12-8)10-2-13(6)3-17-1-4(14)15/h5-6,8,10-11H,1-3,9H2,(H,12,16)(H,14,15). The summed E-state index contributed by atoms with van der Waals surface area (Å²) in [5, 5.41) is 17.0. The van der Waals surface area contributed by atoms with E-state index in [1.54, 1.807) is 4.90 Å². The second-order valence-corrected chi connectivity index (χ2v) is 3.90. The molecule has 1 amide bonds. The summed E-state index contributed by atoms with van der Waals surface area (Å²) < 4.78 is 4.97. The normalized spacial score (nSPS) is 33.2. The van der Waals surface area contributed by atoms with Crippen LogP contribution in [0.25, 0.3) is 0 Å². The van der Waals surface area contributed by atoms with Gasteiger partial charge in [-0.25, -0.2) is 4.79 Å². The van der Waals surface area contributed by atoms with Crippen LogP contribution in [0.2, 0.25) is 0 Å². The molecule has 2 aliphatic heterocycles. The number of nitrogens with one attached hydrogen (secondary N) is 3. The van der Waals surface area contributed by atoms with Crippen molar-refractivity contribution in [2.45, 2.75) is 18.5 Å². The van der Waals surface area contributed by atoms with Crippen molar-refractivity contribution in [3.8, 4) is 0 Å². The second-order valence-electron chi connectivity index (χ2n) is 3.90. The lowest BCUT2D eigenvalue weighted by Gasteiger charge is -2.34. The molecular formula is C8H15N5O4. The highest BCUT2D eigenvalue weighted by molar-refractivity contribution is 5.83. The number of fused-ring (bicyclic) bond motifs is 1. The minimum absolute atomic E-state index is 0.119. The van der Waals surface area contributed by atoms with Gasteiger partial charge in [-0.1, -0.05) is 0 Å². The van der Waals surface area contributed by atoms with Gasteiger partial charge >= 0.3 is 5.97 Å². The number of carboxylic acids is 1. The third kappa shape index (κ3) is 2.70. The number of hydrogen-bond donors (Lipinski definition) is 5. The number of ether oxygens (including phenoxy) is 1. The van der Waals surface area contributed by atoms with E-state index < -0.39 is 18.3 Å². The predicted molar refractivity (Wildman–Crippen MR) is 55.1 cm³/mol. The number of nitrogens with zero attached hydrogens (tertiary/aromatic N) is 1. The number of aliphatic carboxylic acids is 1. The Bertz CT molecular complexity index is 325. The van der Waals surface area contributed by atoms with Crippen molar-refractivity contribution in [1.82, 2.24) is 20.9 Å². The zero-order chi connectivity index (χ0) is 12.4. The molecular weight excluding hydrogens is 230 g/mol. The van der Waals surface area contributed by atoms with Gasteiger partial charge in [-0.05, 0) is 0 Å². The van der Waals surface area contributed by atoms with Crippen LogP contribution in [0.1, 0.15) is 0 Å². The number of amides is 1. The quantitative estimate of drug-likeness (QED) is 0.346. The van der Waals surface area contributed by atoms with Gasteiger partial charge in [-0.2, -0.15) is 0 Å². The Kier molecular flexibility index (Phi) is 3.54. The van der Waals surface area contributed by atoms with Gasteiger partial charge in [0.1, 0.15) is 25.7 Å². The molecule has 9 heteroatoms. The number of rotatable bonds is 4. The third-order valence-electron chi connectivity index (χ3n) is 2.64. The monoisotopic (exact) mass is 245 g/mol. The van der Waals surface area contributed by atoms with E-state index in [2.05, 4.69) is 16.0 Å². The zero-order valence-electron chi connectivity index (χ0n) is 9.05. The number of hydrogen-bond acceptors (Lipinski definition) is 7. The van der Waals surface area contributed by atoms with Gasteiger partial charge in [0.05, 0.1) is 12.8 Å². The maximum atomic E-state index is 11.6. The molecule has 0 bridgehead atoms. The van der Waals surface area contributed by atoms with Crippen molar-refractivity contribution in [2.24, 2.45) is 5.73 Å². The summed E-state index contributed by atoms with van der Waals surface area (Å²) in [7, 11) is 0. The first-order chi connectivity index (χ1) is 8.08. The largest absolute Gasteiger partial charge is 0.480 e. The van der Waals surface area contributed by atoms with Crippen molar-refractivity contribution in [1.29, 1.82) is 0 Å². The number of carbonyl (C=O) groups is 2. The smallest absolute Gasteiger partial charge is 0.329 e. The highest BCUT2D eigenvalue weighted by atomic mass is 16.5. The molecule has 2 saturated heterocycles. The Morgan fingerprint density at radius 2 is 2.41 bits per heavy atom. The lowest BCUT2D eigenvalue weighted by molar-refractivity contribution is -0.145. The average molecular weight is 245 g/mol. The summed E-state index contributed by atoms with van der Waals surface area (Å²) in [4.78, 5) is 23.6. The van der Waals surface area contributed by atoms with Gasteiger partial charge in [-0.15, -0.1) is 0 Å². The zero-order valence-corrected chi connectivity index (χ0v) is 9.05. The Balaban J connectivity index is 1.88. The van der Waals surface area contributed by atoms with Crippen molar-refractivity contribution in [3.63, 3.8) is 0 Å². The molecule has 0 saturated carbocycles. The van der Waals surface area contributed by atoms with Crippen LogP contribution in [0.3, 0.4) is 0 Å². The fraction of sp³-hybridized carbons (Fsp3) is 0.750. The van der Waals surface area contributed by atoms with Crippen molar-refractivity contribution in [2.75, 3.05) is 20.0 Å². The first kappa shape index (κ1) is 12.2. The molecule has 9 nitrogen and oxygen atoms in total. The lowest BCUT2D eigenvalue weighted by Crippen LogP contribution is -2.70. The van der Waals surface area contributed by atoms with Gasteiger partial charge in [0.15, 0.2) is 0 Å². The molecule has 3 atom stereocenters. The fourth-order valence-electron chi connectivity index (χ4n) is 1.92. The van der Waals surface area contributed by atoms with E-state index in [0.717, 1.165) is 0 Å². The first-order valence-corrected chi connectivity index (χ1v) is 5.17. The summed E-state index contributed by atoms with van der Waals surface area (Å²) in [6, 6.07) is -0.400. The summed E-state index contributed by atoms with van der Waals surface area (Å²) in [5.41, 5.74) is 5.59. The van der Waals surface area contributed by atoms with Gasteiger partial charge < -0.3 is 15.2 Å². The minimum Gasteiger partial charge on any atom is -0.480 e. The minimum atomic E-state index is -1.03. The van der Waals surface area contributed by atoms with E-state index in [9.17, 15) is 9.59 Å². The van der Waals surface area contributed by atoms with E-state index in [4.69, 9.17) is 15.6 Å². The molecule has 0 spiro atoms. The Labute approximate surface area is 97.3 Å². The van der Waals surface area contributed by atoms with Crippen LogP contribution in [-0.4, -0.2) is 60.4 Å². The number of carbonyl (C=O) groups excluding carboxylic acids is 1. The van der Waals surface area contributed by atoms with Crippen LogP contribution in [-0.2, 0) is 14.3 Å². The second kappa shape index (κ2) is 4.94. The van der Waals surface area contributed by atoms with Gasteiger partial charge in [0.2, 0.25) is 5.91 Å². The highest BCUT2D eigenvalue weighted by Crippen LogP contribution is 2.12. The molecule has 2 fully saturated rings. The topological polar surface area (TPSA) is 129 Å².